The molecule has 0 aliphatic rings. The van der Waals surface area contributed by atoms with E-state index in [1.54, 1.807) is 6.08 Å². The van der Waals surface area contributed by atoms with Crippen LogP contribution >= 0.6 is 11.8 Å². The molecule has 92 valence electrons. The van der Waals surface area contributed by atoms with E-state index in [1.807, 2.05) is 31.2 Å². The number of hydrogen-bond donors (Lipinski definition) is 1. The normalized spacial score (nSPS) is 11.2. The molecule has 0 heterocycles. The fourth-order valence-corrected chi connectivity index (χ4v) is 1.76. The lowest BCUT2D eigenvalue weighted by atomic mass is 10.2. The summed E-state index contributed by atoms with van der Waals surface area (Å²) < 4.78 is 5.64. The lowest BCUT2D eigenvalue weighted by molar-refractivity contribution is 0.342. The maximum absolute atomic E-state index is 5.68. The van der Waals surface area contributed by atoms with Gasteiger partial charge < -0.3 is 10.5 Å². The van der Waals surface area contributed by atoms with Gasteiger partial charge in [0, 0.05) is 5.75 Å². The molecule has 0 spiro atoms. The number of aliphatic imine (C=N–C) groups is 1. The van der Waals surface area contributed by atoms with Crippen molar-refractivity contribution in [3.63, 3.8) is 0 Å². The maximum Gasteiger partial charge on any atom is 0.154 e. The van der Waals surface area contributed by atoms with Gasteiger partial charge >= 0.3 is 0 Å². The van der Waals surface area contributed by atoms with Crippen LogP contribution in [-0.2, 0) is 0 Å². The second-order valence-electron chi connectivity index (χ2n) is 3.43. The number of nitrogens with zero attached hydrogens (tertiary/aromatic N) is 1. The molecule has 0 atom stereocenters. The maximum atomic E-state index is 5.68. The van der Waals surface area contributed by atoms with Crippen LogP contribution in [0, 0.1) is 6.92 Å². The zero-order valence-corrected chi connectivity index (χ0v) is 10.9. The fraction of sp³-hybridized carbons (Fsp3) is 0.308. The third kappa shape index (κ3) is 5.45. The Labute approximate surface area is 107 Å². The zero-order valence-electron chi connectivity index (χ0n) is 10.1. The Morgan fingerprint density at radius 2 is 2.29 bits per heavy atom. The Hall–Kier alpha value is -1.42. The van der Waals surface area contributed by atoms with Gasteiger partial charge in [0.1, 0.15) is 5.75 Å². The van der Waals surface area contributed by atoms with Crippen molar-refractivity contribution in [2.24, 2.45) is 10.7 Å². The summed E-state index contributed by atoms with van der Waals surface area (Å²) in [6, 6.07) is 7.96. The van der Waals surface area contributed by atoms with Crippen molar-refractivity contribution in [3.05, 3.63) is 42.5 Å². The molecule has 1 rings (SSSR count). The number of amidine groups is 1. The lowest BCUT2D eigenvalue weighted by Gasteiger charge is -2.08. The van der Waals surface area contributed by atoms with E-state index in [0.29, 0.717) is 18.3 Å². The van der Waals surface area contributed by atoms with Gasteiger partial charge in [-0.25, -0.2) is 0 Å². The van der Waals surface area contributed by atoms with Crippen LogP contribution in [-0.4, -0.2) is 24.1 Å². The molecule has 0 aliphatic heterocycles. The third-order valence-corrected chi connectivity index (χ3v) is 2.86. The van der Waals surface area contributed by atoms with Gasteiger partial charge in [-0.3, -0.25) is 4.99 Å². The van der Waals surface area contributed by atoms with Gasteiger partial charge in [-0.1, -0.05) is 36.0 Å². The number of aryl methyl sites for hydroxylation is 1. The van der Waals surface area contributed by atoms with Gasteiger partial charge in [0.05, 0.1) is 13.2 Å². The van der Waals surface area contributed by atoms with Crippen molar-refractivity contribution in [1.82, 2.24) is 0 Å². The van der Waals surface area contributed by atoms with Gasteiger partial charge in [0.2, 0.25) is 0 Å². The van der Waals surface area contributed by atoms with Crippen LogP contribution in [0.1, 0.15) is 5.56 Å². The first-order valence-electron chi connectivity index (χ1n) is 5.46. The highest BCUT2D eigenvalue weighted by Crippen LogP contribution is 2.16. The number of benzene rings is 1. The van der Waals surface area contributed by atoms with Crippen molar-refractivity contribution in [1.29, 1.82) is 0 Å². The molecule has 4 heteroatoms. The summed E-state index contributed by atoms with van der Waals surface area (Å²) in [5.41, 5.74) is 6.82. The van der Waals surface area contributed by atoms with Crippen LogP contribution in [0.2, 0.25) is 0 Å². The molecule has 0 unspecified atom stereocenters. The molecular formula is C13H18N2OS. The van der Waals surface area contributed by atoms with Crippen molar-refractivity contribution in [3.8, 4) is 5.75 Å². The number of para-hydroxylation sites is 1. The summed E-state index contributed by atoms with van der Waals surface area (Å²) in [4.78, 5) is 4.09. The minimum atomic E-state index is 0.567. The fourth-order valence-electron chi connectivity index (χ4n) is 1.22. The Balaban J connectivity index is 2.25. The molecule has 0 amide bonds. The van der Waals surface area contributed by atoms with E-state index in [0.717, 1.165) is 17.1 Å². The van der Waals surface area contributed by atoms with Crippen LogP contribution in [0.15, 0.2) is 41.9 Å². The first kappa shape index (κ1) is 13.6. The van der Waals surface area contributed by atoms with Crippen LogP contribution < -0.4 is 10.5 Å². The lowest BCUT2D eigenvalue weighted by Crippen LogP contribution is -2.11. The summed E-state index contributed by atoms with van der Waals surface area (Å²) in [6.07, 6.45) is 1.72. The Morgan fingerprint density at radius 1 is 1.53 bits per heavy atom. The third-order valence-electron chi connectivity index (χ3n) is 2.06. The second kappa shape index (κ2) is 7.79. The Bertz CT molecular complexity index is 391. The van der Waals surface area contributed by atoms with E-state index in [2.05, 4.69) is 11.6 Å². The van der Waals surface area contributed by atoms with Crippen LogP contribution in [0.3, 0.4) is 0 Å². The van der Waals surface area contributed by atoms with E-state index in [4.69, 9.17) is 10.5 Å². The van der Waals surface area contributed by atoms with Crippen LogP contribution in [0.5, 0.6) is 5.75 Å². The summed E-state index contributed by atoms with van der Waals surface area (Å²) in [5.74, 6) is 1.72. The summed E-state index contributed by atoms with van der Waals surface area (Å²) in [6.45, 7) is 6.80. The molecule has 17 heavy (non-hydrogen) atoms. The quantitative estimate of drug-likeness (QED) is 0.365. The number of ether oxygens (including phenoxy) is 1. The van der Waals surface area contributed by atoms with E-state index in [1.165, 1.54) is 11.8 Å². The smallest absolute Gasteiger partial charge is 0.154 e. The van der Waals surface area contributed by atoms with Gasteiger partial charge in [0.15, 0.2) is 5.17 Å². The standard InChI is InChI=1S/C13H18N2OS/c1-3-8-15-13(14)17-10-9-16-12-7-5-4-6-11(12)2/h3-7H,1,8-10H2,2H3,(H2,14,15). The highest BCUT2D eigenvalue weighted by molar-refractivity contribution is 8.13. The Kier molecular flexibility index (Phi) is 6.25. The van der Waals surface area contributed by atoms with Gasteiger partial charge in [-0.2, -0.15) is 0 Å². The van der Waals surface area contributed by atoms with Crippen molar-refractivity contribution in [2.75, 3.05) is 18.9 Å². The predicted molar refractivity (Wildman–Crippen MR) is 75.8 cm³/mol. The van der Waals surface area contributed by atoms with Crippen molar-refractivity contribution in [2.45, 2.75) is 6.92 Å². The molecule has 2 N–H and O–H groups in total. The molecule has 0 aliphatic carbocycles. The summed E-state index contributed by atoms with van der Waals surface area (Å²) in [7, 11) is 0. The molecular weight excluding hydrogens is 232 g/mol. The Morgan fingerprint density at radius 3 is 3.00 bits per heavy atom. The van der Waals surface area contributed by atoms with E-state index < -0.39 is 0 Å². The minimum absolute atomic E-state index is 0.567. The molecule has 3 nitrogen and oxygen atoms in total. The average molecular weight is 250 g/mol. The number of thioether (sulfide) groups is 1. The highest BCUT2D eigenvalue weighted by Gasteiger charge is 1.98. The number of rotatable bonds is 6. The monoisotopic (exact) mass is 250 g/mol. The predicted octanol–water partition coefficient (Wildman–Crippen LogP) is 2.61. The SMILES string of the molecule is C=CCN=C(N)SCCOc1ccccc1C. The average Bonchev–Trinajstić information content (AvgIpc) is 2.34. The van der Waals surface area contributed by atoms with E-state index >= 15 is 0 Å². The van der Waals surface area contributed by atoms with Crippen molar-refractivity contribution >= 4 is 16.9 Å². The van der Waals surface area contributed by atoms with Gasteiger partial charge in [-0.05, 0) is 18.6 Å². The first-order chi connectivity index (χ1) is 8.24. The molecule has 0 saturated carbocycles. The van der Waals surface area contributed by atoms with Crippen LogP contribution in [0.25, 0.3) is 0 Å². The van der Waals surface area contributed by atoms with E-state index in [-0.39, 0.29) is 0 Å². The minimum Gasteiger partial charge on any atom is -0.492 e. The van der Waals surface area contributed by atoms with Crippen molar-refractivity contribution < 1.29 is 4.74 Å². The first-order valence-corrected chi connectivity index (χ1v) is 6.44. The molecule has 0 aromatic heterocycles. The van der Waals surface area contributed by atoms with Gasteiger partial charge in [0.25, 0.3) is 0 Å². The molecule has 1 aromatic carbocycles. The second-order valence-corrected chi connectivity index (χ2v) is 4.55. The number of nitrogens with two attached hydrogens (primary N) is 1. The number of hydrogen-bond acceptors (Lipinski definition) is 3. The van der Waals surface area contributed by atoms with Crippen LogP contribution in [0.4, 0.5) is 0 Å². The molecule has 1 aromatic rings. The zero-order chi connectivity index (χ0) is 12.5. The van der Waals surface area contributed by atoms with Gasteiger partial charge in [-0.15, -0.1) is 6.58 Å². The molecule has 0 bridgehead atoms. The van der Waals surface area contributed by atoms with E-state index in [9.17, 15) is 0 Å². The molecule has 0 radical (unpaired) electrons. The summed E-state index contributed by atoms with van der Waals surface area (Å²) >= 11 is 1.50. The topological polar surface area (TPSA) is 47.6 Å². The highest BCUT2D eigenvalue weighted by atomic mass is 32.2. The largest absolute Gasteiger partial charge is 0.492 e. The molecule has 0 fully saturated rings. The summed E-state index contributed by atoms with van der Waals surface area (Å²) in [5, 5.41) is 0.582. The molecule has 0 saturated heterocycles.